The van der Waals surface area contributed by atoms with E-state index < -0.39 is 89.0 Å². The highest BCUT2D eigenvalue weighted by Gasteiger charge is 2.29. The van der Waals surface area contributed by atoms with E-state index in [-0.39, 0.29) is 25.9 Å². The second kappa shape index (κ2) is 25.2. The maximum absolute atomic E-state index is 13.8. The van der Waals surface area contributed by atoms with Gasteiger partial charge < -0.3 is 36.5 Å². The molecule has 18 heteroatoms. The van der Waals surface area contributed by atoms with Gasteiger partial charge in [0.05, 0.1) is 5.52 Å². The number of hydrogen-bond donors (Lipinski definition) is 5. The fourth-order valence-corrected chi connectivity index (χ4v) is 6.78. The normalized spacial score (nSPS) is 12.1. The van der Waals surface area contributed by atoms with Gasteiger partial charge in [0.15, 0.2) is 0 Å². The van der Waals surface area contributed by atoms with Crippen molar-refractivity contribution in [1.29, 1.82) is 0 Å². The van der Waals surface area contributed by atoms with Crippen LogP contribution in [0.5, 0.6) is 5.75 Å². The van der Waals surface area contributed by atoms with Gasteiger partial charge >= 0.3 is 12.1 Å². The average molecular weight is 913 g/mol. The zero-order chi connectivity index (χ0) is 47.6. The Labute approximate surface area is 374 Å². The van der Waals surface area contributed by atoms with E-state index in [2.05, 4.69) is 50.0 Å². The Bertz CT molecular complexity index is 2270. The summed E-state index contributed by atoms with van der Waals surface area (Å²) in [5.74, 6) is -16.1. The molecule has 0 aliphatic heterocycles. The summed E-state index contributed by atoms with van der Waals surface area (Å²) in [7, 11) is 0. The predicted octanol–water partition coefficient (Wildman–Crippen LogP) is 8.63. The summed E-state index contributed by atoms with van der Waals surface area (Å²) in [6.45, 7) is 7.46. The van der Waals surface area contributed by atoms with Crippen LogP contribution in [-0.2, 0) is 43.4 Å². The number of alkyl carbamates (subject to hydrolysis) is 1. The second-order valence-corrected chi connectivity index (χ2v) is 16.1. The summed E-state index contributed by atoms with van der Waals surface area (Å²) in [6.07, 6.45) is 6.59. The van der Waals surface area contributed by atoms with E-state index in [1.165, 1.54) is 12.5 Å². The number of halogens is 5. The minimum Gasteiger partial charge on any atom is -0.445 e. The maximum Gasteiger partial charge on any atom is 0.407 e. The van der Waals surface area contributed by atoms with Crippen molar-refractivity contribution in [1.82, 2.24) is 20.9 Å². The lowest BCUT2D eigenvalue weighted by atomic mass is 9.99. The molecule has 2 atom stereocenters. The van der Waals surface area contributed by atoms with E-state index in [1.54, 1.807) is 38.1 Å². The summed E-state index contributed by atoms with van der Waals surface area (Å²) in [4.78, 5) is 67.6. The van der Waals surface area contributed by atoms with Crippen LogP contribution in [0, 0.1) is 35.0 Å². The molecule has 352 valence electrons. The topological polar surface area (TPSA) is 191 Å². The van der Waals surface area contributed by atoms with E-state index in [1.807, 2.05) is 12.1 Å². The number of fused-ring (bicyclic) bond motifs is 1. The molecule has 13 nitrogen and oxygen atoms in total. The molecule has 0 radical (unpaired) electrons. The number of carbonyl (C=O) groups is 5. The quantitative estimate of drug-likeness (QED) is 0.0114. The lowest BCUT2D eigenvalue weighted by molar-refractivity contribution is -0.135. The van der Waals surface area contributed by atoms with Gasteiger partial charge in [-0.05, 0) is 98.7 Å². The van der Waals surface area contributed by atoms with Crippen molar-refractivity contribution >= 4 is 52.2 Å². The van der Waals surface area contributed by atoms with Crippen LogP contribution in [0.1, 0.15) is 109 Å². The molecule has 0 bridgehead atoms. The highest BCUT2D eigenvalue weighted by Crippen LogP contribution is 2.30. The molecular weight excluding hydrogens is 856 g/mol. The third kappa shape index (κ3) is 15.4. The van der Waals surface area contributed by atoms with Gasteiger partial charge in [0.2, 0.25) is 52.6 Å². The molecule has 0 spiro atoms. The number of anilines is 2. The Morgan fingerprint density at radius 1 is 0.723 bits per heavy atom. The van der Waals surface area contributed by atoms with Gasteiger partial charge in [-0.15, -0.1) is 0 Å². The SMILES string of the molecule is CCCCCc1cc2c(CCCCCNC(=O)OCc3ccc(NC(=O)[C@H](C)NC(=O)[C@@H](NC(=O)CCCCC(=O)Oc4c(F)c(F)c(F)c(F)c4F)C(C)C)cc3)cccc2nc1N. The van der Waals surface area contributed by atoms with Gasteiger partial charge in [-0.1, -0.05) is 64.3 Å². The number of aryl methyl sites for hydroxylation is 2. The van der Waals surface area contributed by atoms with Gasteiger partial charge in [0, 0.05) is 30.5 Å². The number of nitrogens with zero attached hydrogens (tertiary/aromatic N) is 1. The van der Waals surface area contributed by atoms with Crippen LogP contribution in [0.25, 0.3) is 10.9 Å². The lowest BCUT2D eigenvalue weighted by Gasteiger charge is -2.24. The zero-order valence-electron chi connectivity index (χ0n) is 37.0. The van der Waals surface area contributed by atoms with Crippen molar-refractivity contribution in [3.05, 3.63) is 94.3 Å². The molecule has 4 rings (SSSR count). The van der Waals surface area contributed by atoms with Crippen molar-refractivity contribution in [3.8, 4) is 5.75 Å². The van der Waals surface area contributed by atoms with Crippen LogP contribution in [-0.4, -0.2) is 53.4 Å². The monoisotopic (exact) mass is 912 g/mol. The first-order valence-corrected chi connectivity index (χ1v) is 21.8. The number of amides is 4. The van der Waals surface area contributed by atoms with Crippen molar-refractivity contribution in [2.24, 2.45) is 5.92 Å². The number of benzene rings is 3. The number of pyridine rings is 1. The van der Waals surface area contributed by atoms with Gasteiger partial charge in [0.1, 0.15) is 24.5 Å². The number of rotatable bonds is 24. The minimum absolute atomic E-state index is 0.00597. The number of ether oxygens (including phenoxy) is 2. The number of nitrogens with one attached hydrogen (secondary N) is 4. The first kappa shape index (κ1) is 51.3. The van der Waals surface area contributed by atoms with Crippen molar-refractivity contribution < 1.29 is 55.4 Å². The Hall–Kier alpha value is -6.33. The van der Waals surface area contributed by atoms with Crippen molar-refractivity contribution in [2.45, 2.75) is 123 Å². The van der Waals surface area contributed by atoms with E-state index in [0.29, 0.717) is 23.6 Å². The fraction of sp³-hybridized carbons (Fsp3) is 0.447. The third-order valence-electron chi connectivity index (χ3n) is 10.5. The summed E-state index contributed by atoms with van der Waals surface area (Å²) < 4.78 is 77.3. The first-order valence-electron chi connectivity index (χ1n) is 21.8. The predicted molar refractivity (Wildman–Crippen MR) is 235 cm³/mol. The van der Waals surface area contributed by atoms with Gasteiger partial charge in [0.25, 0.3) is 0 Å². The summed E-state index contributed by atoms with van der Waals surface area (Å²) >= 11 is 0. The molecule has 0 saturated carbocycles. The van der Waals surface area contributed by atoms with Gasteiger partial charge in [-0.2, -0.15) is 8.78 Å². The molecule has 3 aromatic carbocycles. The van der Waals surface area contributed by atoms with E-state index >= 15 is 0 Å². The molecule has 4 aromatic rings. The molecule has 65 heavy (non-hydrogen) atoms. The highest BCUT2D eigenvalue weighted by atomic mass is 19.2. The van der Waals surface area contributed by atoms with Crippen LogP contribution in [0.2, 0.25) is 0 Å². The maximum atomic E-state index is 13.8. The van der Waals surface area contributed by atoms with Crippen LogP contribution in [0.4, 0.5) is 38.3 Å². The molecule has 0 saturated heterocycles. The molecule has 0 aliphatic rings. The fourth-order valence-electron chi connectivity index (χ4n) is 6.78. The minimum atomic E-state index is -2.39. The standard InChI is InChI=1S/C47H57F5N6O7/c1-5-6-8-15-31-25-33-30(16-13-17-34(33)57-44(31)53)14-9-7-12-24-54-47(63)64-26-29-20-22-32(23-21-29)56-45(61)28(4)55-46(62)42(27(2)3)58-35(59)18-10-11-19-36(60)65-43-40(51)38(49)37(48)39(50)41(43)52/h13,16-17,20-23,25,27-28,42H,5-12,14-15,18-19,24,26H2,1-4H3,(H2,53,57)(H,54,63)(H,55,62)(H,56,61)(H,58,59)/t28-,42-/m0/s1. The van der Waals surface area contributed by atoms with Gasteiger partial charge in [-0.25, -0.2) is 22.9 Å². The number of unbranched alkanes of at least 4 members (excludes halogenated alkanes) is 5. The van der Waals surface area contributed by atoms with E-state index in [4.69, 9.17) is 10.5 Å². The van der Waals surface area contributed by atoms with Crippen molar-refractivity contribution in [3.63, 3.8) is 0 Å². The molecule has 6 N–H and O–H groups in total. The highest BCUT2D eigenvalue weighted by molar-refractivity contribution is 5.98. The zero-order valence-corrected chi connectivity index (χ0v) is 37.0. The van der Waals surface area contributed by atoms with Crippen LogP contribution in [0.15, 0.2) is 48.5 Å². The summed E-state index contributed by atoms with van der Waals surface area (Å²) in [5, 5.41) is 11.8. The Morgan fingerprint density at radius 3 is 2.05 bits per heavy atom. The Morgan fingerprint density at radius 2 is 1.37 bits per heavy atom. The van der Waals surface area contributed by atoms with Gasteiger partial charge in [-0.3, -0.25) is 19.2 Å². The second-order valence-electron chi connectivity index (χ2n) is 16.1. The third-order valence-corrected chi connectivity index (χ3v) is 10.5. The lowest BCUT2D eigenvalue weighted by Crippen LogP contribution is -2.53. The van der Waals surface area contributed by atoms with E-state index in [9.17, 15) is 45.9 Å². The Balaban J connectivity index is 1.11. The number of esters is 1. The summed E-state index contributed by atoms with van der Waals surface area (Å²) in [5.41, 5.74) is 10.6. The molecule has 1 heterocycles. The molecule has 1 aromatic heterocycles. The van der Waals surface area contributed by atoms with Crippen LogP contribution in [0.3, 0.4) is 0 Å². The molecule has 4 amide bonds. The molecular formula is C47H57F5N6O7. The smallest absolute Gasteiger partial charge is 0.407 e. The molecule has 0 unspecified atom stereocenters. The Kier molecular flexibility index (Phi) is 19.9. The van der Waals surface area contributed by atoms with Crippen LogP contribution < -0.4 is 31.7 Å². The summed E-state index contributed by atoms with van der Waals surface area (Å²) in [6, 6.07) is 12.8. The number of aromatic nitrogens is 1. The van der Waals surface area contributed by atoms with Crippen LogP contribution >= 0.6 is 0 Å². The number of nitrogen functional groups attached to an aromatic ring is 1. The number of carbonyl (C=O) groups excluding carboxylic acids is 5. The van der Waals surface area contributed by atoms with Crippen molar-refractivity contribution in [2.75, 3.05) is 17.6 Å². The average Bonchev–Trinajstić information content (AvgIpc) is 3.28. The first-order chi connectivity index (χ1) is 31.0. The van der Waals surface area contributed by atoms with E-state index in [0.717, 1.165) is 67.8 Å². The molecule has 0 aliphatic carbocycles. The largest absolute Gasteiger partial charge is 0.445 e. The molecule has 0 fully saturated rings. The number of nitrogens with two attached hydrogens (primary N) is 1. The number of hydrogen-bond acceptors (Lipinski definition) is 9.